The van der Waals surface area contributed by atoms with E-state index in [0.29, 0.717) is 12.5 Å². The average Bonchev–Trinajstić information content (AvgIpc) is 2.76. The molecule has 1 aromatic carbocycles. The standard InChI is InChI=1S/C25H35BrN2O/c1-3-5-7-9-19-12-14-20(15-13-19)21-17-27-25(28-18-21)22-10-8-11-23(26)24(22)29-16-6-4-2/h8,10-11,17-20H,3-7,9,12-16H2,1-2H3. The minimum atomic E-state index is 0.620. The van der Waals surface area contributed by atoms with Crippen LogP contribution < -0.4 is 4.74 Å². The van der Waals surface area contributed by atoms with Crippen molar-refractivity contribution in [1.82, 2.24) is 9.97 Å². The Bertz CT molecular complexity index is 739. The first kappa shape index (κ1) is 22.3. The molecule has 1 saturated carbocycles. The van der Waals surface area contributed by atoms with Gasteiger partial charge in [0.25, 0.3) is 0 Å². The molecule has 0 N–H and O–H groups in total. The molecular weight excluding hydrogens is 424 g/mol. The van der Waals surface area contributed by atoms with Gasteiger partial charge in [-0.2, -0.15) is 0 Å². The van der Waals surface area contributed by atoms with Crippen molar-refractivity contribution in [2.75, 3.05) is 6.61 Å². The summed E-state index contributed by atoms with van der Waals surface area (Å²) in [6, 6.07) is 6.07. The highest BCUT2D eigenvalue weighted by atomic mass is 79.9. The van der Waals surface area contributed by atoms with Crippen LogP contribution in [0.2, 0.25) is 0 Å². The molecule has 0 aliphatic heterocycles. The van der Waals surface area contributed by atoms with E-state index in [1.165, 1.54) is 56.9 Å². The quantitative estimate of drug-likeness (QED) is 0.338. The summed E-state index contributed by atoms with van der Waals surface area (Å²) in [5, 5.41) is 0. The number of ether oxygens (including phenoxy) is 1. The highest BCUT2D eigenvalue weighted by Gasteiger charge is 2.23. The van der Waals surface area contributed by atoms with Crippen molar-refractivity contribution in [1.29, 1.82) is 0 Å². The molecule has 1 aliphatic carbocycles. The van der Waals surface area contributed by atoms with E-state index in [9.17, 15) is 0 Å². The molecule has 0 bridgehead atoms. The Hall–Kier alpha value is -1.42. The van der Waals surface area contributed by atoms with Gasteiger partial charge >= 0.3 is 0 Å². The first-order chi connectivity index (χ1) is 14.2. The summed E-state index contributed by atoms with van der Waals surface area (Å²) in [7, 11) is 0. The number of nitrogens with zero attached hydrogens (tertiary/aromatic N) is 2. The van der Waals surface area contributed by atoms with Crippen LogP contribution in [0.25, 0.3) is 11.4 Å². The monoisotopic (exact) mass is 458 g/mol. The molecule has 1 fully saturated rings. The van der Waals surface area contributed by atoms with Crippen molar-refractivity contribution in [2.45, 2.75) is 84.0 Å². The minimum absolute atomic E-state index is 0.620. The normalized spacial score (nSPS) is 19.3. The third-order valence-corrected chi connectivity index (χ3v) is 6.78. The Morgan fingerprint density at radius 1 is 0.966 bits per heavy atom. The molecule has 4 heteroatoms. The molecule has 0 unspecified atom stereocenters. The lowest BCUT2D eigenvalue weighted by molar-refractivity contribution is 0.302. The van der Waals surface area contributed by atoms with E-state index in [-0.39, 0.29) is 0 Å². The Kier molecular flexibility index (Phi) is 8.97. The van der Waals surface area contributed by atoms with E-state index in [4.69, 9.17) is 14.7 Å². The van der Waals surface area contributed by atoms with Crippen molar-refractivity contribution in [3.05, 3.63) is 40.6 Å². The summed E-state index contributed by atoms with van der Waals surface area (Å²) in [6.45, 7) is 5.17. The topological polar surface area (TPSA) is 35.0 Å². The third-order valence-electron chi connectivity index (χ3n) is 6.16. The number of hydrogen-bond donors (Lipinski definition) is 0. The predicted molar refractivity (Wildman–Crippen MR) is 124 cm³/mol. The fraction of sp³-hybridized carbons (Fsp3) is 0.600. The van der Waals surface area contributed by atoms with Gasteiger partial charge in [0.2, 0.25) is 0 Å². The van der Waals surface area contributed by atoms with Crippen LogP contribution in [-0.4, -0.2) is 16.6 Å². The highest BCUT2D eigenvalue weighted by Crippen LogP contribution is 2.38. The molecule has 3 rings (SSSR count). The molecule has 0 atom stereocenters. The highest BCUT2D eigenvalue weighted by molar-refractivity contribution is 9.10. The van der Waals surface area contributed by atoms with Crippen LogP contribution in [-0.2, 0) is 0 Å². The molecule has 1 aliphatic rings. The molecule has 0 saturated heterocycles. The van der Waals surface area contributed by atoms with Gasteiger partial charge in [0.05, 0.1) is 16.6 Å². The second-order valence-corrected chi connectivity index (χ2v) is 9.23. The average molecular weight is 459 g/mol. The number of benzene rings is 1. The lowest BCUT2D eigenvalue weighted by atomic mass is 9.77. The fourth-order valence-electron chi connectivity index (χ4n) is 4.31. The molecule has 0 amide bonds. The van der Waals surface area contributed by atoms with E-state index in [0.717, 1.165) is 40.4 Å². The second kappa shape index (κ2) is 11.7. The number of rotatable bonds is 10. The van der Waals surface area contributed by atoms with Gasteiger partial charge in [-0.3, -0.25) is 0 Å². The van der Waals surface area contributed by atoms with Crippen molar-refractivity contribution in [2.24, 2.45) is 5.92 Å². The lowest BCUT2D eigenvalue weighted by Gasteiger charge is -2.28. The van der Waals surface area contributed by atoms with Crippen LogP contribution in [0.5, 0.6) is 5.75 Å². The molecule has 3 nitrogen and oxygen atoms in total. The SMILES string of the molecule is CCCCCC1CCC(c2cnc(-c3cccc(Br)c3OCCCC)nc2)CC1. The van der Waals surface area contributed by atoms with Crippen LogP contribution in [0.1, 0.15) is 89.5 Å². The van der Waals surface area contributed by atoms with E-state index in [1.54, 1.807) is 0 Å². The van der Waals surface area contributed by atoms with Gasteiger partial charge in [-0.25, -0.2) is 9.97 Å². The molecule has 1 aromatic heterocycles. The van der Waals surface area contributed by atoms with Gasteiger partial charge < -0.3 is 4.74 Å². The smallest absolute Gasteiger partial charge is 0.162 e. The molecule has 29 heavy (non-hydrogen) atoms. The molecule has 0 spiro atoms. The number of hydrogen-bond acceptors (Lipinski definition) is 3. The number of unbranched alkanes of at least 4 members (excludes halogenated alkanes) is 3. The number of aromatic nitrogens is 2. The van der Waals surface area contributed by atoms with Gasteiger partial charge in [-0.05, 0) is 77.6 Å². The first-order valence-corrected chi connectivity index (χ1v) is 12.3. The summed E-state index contributed by atoms with van der Waals surface area (Å²) >= 11 is 3.62. The molecule has 0 radical (unpaired) electrons. The lowest BCUT2D eigenvalue weighted by Crippen LogP contribution is -2.14. The summed E-state index contributed by atoms with van der Waals surface area (Å²) in [4.78, 5) is 9.44. The van der Waals surface area contributed by atoms with E-state index >= 15 is 0 Å². The maximum absolute atomic E-state index is 6.03. The zero-order chi connectivity index (χ0) is 20.5. The van der Waals surface area contributed by atoms with Crippen LogP contribution in [0.15, 0.2) is 35.1 Å². The van der Waals surface area contributed by atoms with Crippen LogP contribution in [0.3, 0.4) is 0 Å². The second-order valence-electron chi connectivity index (χ2n) is 8.37. The Labute approximate surface area is 184 Å². The van der Waals surface area contributed by atoms with Crippen LogP contribution >= 0.6 is 15.9 Å². The van der Waals surface area contributed by atoms with Gasteiger partial charge in [0, 0.05) is 12.4 Å². The Balaban J connectivity index is 1.63. The number of halogens is 1. The molecule has 2 aromatic rings. The molecule has 1 heterocycles. The Morgan fingerprint density at radius 3 is 2.38 bits per heavy atom. The van der Waals surface area contributed by atoms with Crippen molar-refractivity contribution < 1.29 is 4.74 Å². The van der Waals surface area contributed by atoms with Crippen molar-refractivity contribution in [3.8, 4) is 17.1 Å². The molecule has 158 valence electrons. The largest absolute Gasteiger partial charge is 0.492 e. The van der Waals surface area contributed by atoms with E-state index < -0.39 is 0 Å². The minimum Gasteiger partial charge on any atom is -0.492 e. The number of para-hydroxylation sites is 1. The van der Waals surface area contributed by atoms with Gasteiger partial charge in [-0.15, -0.1) is 0 Å². The Morgan fingerprint density at radius 2 is 1.69 bits per heavy atom. The predicted octanol–water partition coefficient (Wildman–Crippen LogP) is 7.94. The van der Waals surface area contributed by atoms with E-state index in [1.807, 2.05) is 30.6 Å². The van der Waals surface area contributed by atoms with Crippen LogP contribution in [0, 0.1) is 5.92 Å². The van der Waals surface area contributed by atoms with Gasteiger partial charge in [-0.1, -0.05) is 52.0 Å². The van der Waals surface area contributed by atoms with Gasteiger partial charge in [0.1, 0.15) is 5.75 Å². The zero-order valence-corrected chi connectivity index (χ0v) is 19.6. The van der Waals surface area contributed by atoms with Crippen molar-refractivity contribution >= 4 is 15.9 Å². The summed E-state index contributed by atoms with van der Waals surface area (Å²) < 4.78 is 6.99. The zero-order valence-electron chi connectivity index (χ0n) is 18.0. The summed E-state index contributed by atoms with van der Waals surface area (Å²) in [5.74, 6) is 3.15. The maximum Gasteiger partial charge on any atom is 0.162 e. The summed E-state index contributed by atoms with van der Waals surface area (Å²) in [6.07, 6.45) is 17.0. The third kappa shape index (κ3) is 6.28. The van der Waals surface area contributed by atoms with Gasteiger partial charge in [0.15, 0.2) is 5.82 Å². The van der Waals surface area contributed by atoms with E-state index in [2.05, 4.69) is 29.8 Å². The fourth-order valence-corrected chi connectivity index (χ4v) is 4.79. The first-order valence-electron chi connectivity index (χ1n) is 11.5. The van der Waals surface area contributed by atoms with Crippen molar-refractivity contribution in [3.63, 3.8) is 0 Å². The maximum atomic E-state index is 6.03. The van der Waals surface area contributed by atoms with Crippen LogP contribution in [0.4, 0.5) is 0 Å². The molecular formula is C25H35BrN2O. The summed E-state index contributed by atoms with van der Waals surface area (Å²) in [5.41, 5.74) is 2.26.